The molecule has 0 spiro atoms. The summed E-state index contributed by atoms with van der Waals surface area (Å²) in [6, 6.07) is 0.143. The zero-order valence-corrected chi connectivity index (χ0v) is 11.4. The molecule has 2 aliphatic heterocycles. The zero-order valence-electron chi connectivity index (χ0n) is 11.4. The molecule has 1 aromatic heterocycles. The van der Waals surface area contributed by atoms with Crippen molar-refractivity contribution >= 4 is 5.91 Å². The first-order valence-electron chi connectivity index (χ1n) is 7.15. The molecule has 2 saturated heterocycles. The van der Waals surface area contributed by atoms with E-state index in [4.69, 9.17) is 4.74 Å². The van der Waals surface area contributed by atoms with E-state index >= 15 is 0 Å². The van der Waals surface area contributed by atoms with Gasteiger partial charge in [0.05, 0.1) is 6.04 Å². The molecule has 19 heavy (non-hydrogen) atoms. The number of carbonyl (C=O) groups is 1. The molecule has 0 aromatic carbocycles. The van der Waals surface area contributed by atoms with Crippen LogP contribution in [0.3, 0.4) is 0 Å². The minimum Gasteiger partial charge on any atom is -0.381 e. The summed E-state index contributed by atoms with van der Waals surface area (Å²) in [5, 5.41) is 0. The van der Waals surface area contributed by atoms with Crippen LogP contribution in [0.5, 0.6) is 0 Å². The number of aromatic amines is 1. The molecular weight excluding hydrogens is 242 g/mol. The van der Waals surface area contributed by atoms with Gasteiger partial charge < -0.3 is 14.6 Å². The van der Waals surface area contributed by atoms with E-state index in [9.17, 15) is 4.79 Å². The second kappa shape index (κ2) is 5.33. The van der Waals surface area contributed by atoms with E-state index in [1.807, 2.05) is 18.0 Å². The van der Waals surface area contributed by atoms with E-state index in [1.165, 1.54) is 0 Å². The third-order valence-corrected chi connectivity index (χ3v) is 4.14. The average Bonchev–Trinajstić information content (AvgIpc) is 3.07. The van der Waals surface area contributed by atoms with Crippen molar-refractivity contribution in [2.24, 2.45) is 5.92 Å². The van der Waals surface area contributed by atoms with Crippen molar-refractivity contribution < 1.29 is 9.53 Å². The molecule has 0 saturated carbocycles. The Hall–Kier alpha value is -1.36. The van der Waals surface area contributed by atoms with E-state index in [2.05, 4.69) is 9.97 Å². The second-order valence-electron chi connectivity index (χ2n) is 5.53. The number of aryl methyl sites for hydroxylation is 1. The van der Waals surface area contributed by atoms with Gasteiger partial charge in [0.2, 0.25) is 5.91 Å². The lowest BCUT2D eigenvalue weighted by atomic mass is 9.98. The molecule has 5 heteroatoms. The SMILES string of the molecule is Cc1cnc([C@H]2CCCN2C(=O)C2CCOCC2)[nH]1. The number of aromatic nitrogens is 2. The lowest BCUT2D eigenvalue weighted by molar-refractivity contribution is -0.139. The highest BCUT2D eigenvalue weighted by molar-refractivity contribution is 5.79. The number of ether oxygens (including phenoxy) is 1. The third-order valence-electron chi connectivity index (χ3n) is 4.14. The van der Waals surface area contributed by atoms with Crippen molar-refractivity contribution in [2.75, 3.05) is 19.8 Å². The molecule has 2 aliphatic rings. The lowest BCUT2D eigenvalue weighted by Crippen LogP contribution is -2.38. The predicted molar refractivity (Wildman–Crippen MR) is 70.6 cm³/mol. The van der Waals surface area contributed by atoms with Crippen LogP contribution in [0.15, 0.2) is 6.20 Å². The minimum atomic E-state index is 0.143. The summed E-state index contributed by atoms with van der Waals surface area (Å²) in [7, 11) is 0. The number of hydrogen-bond donors (Lipinski definition) is 1. The number of amides is 1. The standard InChI is InChI=1S/C14H21N3O2/c1-10-9-15-13(16-10)12-3-2-6-17(12)14(18)11-4-7-19-8-5-11/h9,11-12H,2-8H2,1H3,(H,15,16)/t12-/m1/s1. The number of imidazole rings is 1. The number of rotatable bonds is 2. The van der Waals surface area contributed by atoms with Crippen molar-refractivity contribution in [2.45, 2.75) is 38.6 Å². The summed E-state index contributed by atoms with van der Waals surface area (Å²) in [5.41, 5.74) is 1.06. The number of nitrogens with one attached hydrogen (secondary N) is 1. The molecule has 0 aliphatic carbocycles. The fraction of sp³-hybridized carbons (Fsp3) is 0.714. The summed E-state index contributed by atoms with van der Waals surface area (Å²) in [6.07, 6.45) is 5.64. The summed E-state index contributed by atoms with van der Waals surface area (Å²) >= 11 is 0. The van der Waals surface area contributed by atoms with Crippen molar-refractivity contribution in [1.29, 1.82) is 0 Å². The van der Waals surface area contributed by atoms with E-state index in [0.29, 0.717) is 5.91 Å². The topological polar surface area (TPSA) is 58.2 Å². The molecule has 2 fully saturated rings. The van der Waals surface area contributed by atoms with Crippen LogP contribution in [0.25, 0.3) is 0 Å². The summed E-state index contributed by atoms with van der Waals surface area (Å²) in [6.45, 7) is 4.29. The van der Waals surface area contributed by atoms with Gasteiger partial charge >= 0.3 is 0 Å². The van der Waals surface area contributed by atoms with Crippen molar-refractivity contribution in [3.05, 3.63) is 17.7 Å². The molecule has 5 nitrogen and oxygen atoms in total. The van der Waals surface area contributed by atoms with Crippen molar-refractivity contribution in [3.8, 4) is 0 Å². The smallest absolute Gasteiger partial charge is 0.226 e. The molecule has 1 atom stereocenters. The fourth-order valence-electron chi connectivity index (χ4n) is 3.10. The normalized spacial score (nSPS) is 24.9. The largest absolute Gasteiger partial charge is 0.381 e. The van der Waals surface area contributed by atoms with Crippen LogP contribution in [0.1, 0.15) is 43.2 Å². The summed E-state index contributed by atoms with van der Waals surface area (Å²) in [5.74, 6) is 1.38. The van der Waals surface area contributed by atoms with Gasteiger partial charge in [-0.25, -0.2) is 4.98 Å². The predicted octanol–water partition coefficient (Wildman–Crippen LogP) is 1.81. The van der Waals surface area contributed by atoms with Gasteiger partial charge in [0, 0.05) is 37.6 Å². The second-order valence-corrected chi connectivity index (χ2v) is 5.53. The van der Waals surface area contributed by atoms with Gasteiger partial charge in [-0.15, -0.1) is 0 Å². The first kappa shape index (κ1) is 12.7. The highest BCUT2D eigenvalue weighted by Gasteiger charge is 2.35. The molecule has 1 amide bonds. The molecule has 0 unspecified atom stereocenters. The van der Waals surface area contributed by atoms with Gasteiger partial charge in [0.1, 0.15) is 5.82 Å². The zero-order chi connectivity index (χ0) is 13.2. The Balaban J connectivity index is 1.73. The maximum atomic E-state index is 12.6. The molecule has 1 aromatic rings. The van der Waals surface area contributed by atoms with E-state index in [1.54, 1.807) is 0 Å². The Kier molecular flexibility index (Phi) is 3.55. The van der Waals surface area contributed by atoms with Crippen LogP contribution < -0.4 is 0 Å². The number of carbonyl (C=O) groups excluding carboxylic acids is 1. The van der Waals surface area contributed by atoms with Crippen LogP contribution in [0.2, 0.25) is 0 Å². The van der Waals surface area contributed by atoms with E-state index < -0.39 is 0 Å². The molecule has 104 valence electrons. The molecule has 0 radical (unpaired) electrons. The van der Waals surface area contributed by atoms with Crippen LogP contribution in [0.4, 0.5) is 0 Å². The van der Waals surface area contributed by atoms with Gasteiger partial charge in [-0.1, -0.05) is 0 Å². The number of likely N-dealkylation sites (tertiary alicyclic amines) is 1. The van der Waals surface area contributed by atoms with Gasteiger partial charge in [0.15, 0.2) is 0 Å². The van der Waals surface area contributed by atoms with Gasteiger partial charge in [0.25, 0.3) is 0 Å². The van der Waals surface area contributed by atoms with Crippen LogP contribution >= 0.6 is 0 Å². The number of nitrogens with zero attached hydrogens (tertiary/aromatic N) is 2. The third kappa shape index (κ3) is 2.52. The Bertz CT molecular complexity index is 451. The Morgan fingerprint density at radius 1 is 1.42 bits per heavy atom. The number of H-pyrrole nitrogens is 1. The molecule has 0 bridgehead atoms. The summed E-state index contributed by atoms with van der Waals surface area (Å²) < 4.78 is 5.34. The Labute approximate surface area is 113 Å². The number of hydrogen-bond acceptors (Lipinski definition) is 3. The monoisotopic (exact) mass is 263 g/mol. The lowest BCUT2D eigenvalue weighted by Gasteiger charge is -2.29. The highest BCUT2D eigenvalue weighted by Crippen LogP contribution is 2.32. The Morgan fingerprint density at radius 2 is 2.21 bits per heavy atom. The van der Waals surface area contributed by atoms with E-state index in [-0.39, 0.29) is 12.0 Å². The van der Waals surface area contributed by atoms with E-state index in [0.717, 1.165) is 57.0 Å². The average molecular weight is 263 g/mol. The van der Waals surface area contributed by atoms with Crippen LogP contribution in [0, 0.1) is 12.8 Å². The van der Waals surface area contributed by atoms with Crippen LogP contribution in [-0.4, -0.2) is 40.5 Å². The first-order chi connectivity index (χ1) is 9.25. The Morgan fingerprint density at radius 3 is 2.89 bits per heavy atom. The van der Waals surface area contributed by atoms with Crippen molar-refractivity contribution in [1.82, 2.24) is 14.9 Å². The molecular formula is C14H21N3O2. The molecule has 3 heterocycles. The van der Waals surface area contributed by atoms with Gasteiger partial charge in [-0.3, -0.25) is 4.79 Å². The van der Waals surface area contributed by atoms with Gasteiger partial charge in [-0.05, 0) is 32.6 Å². The minimum absolute atomic E-state index is 0.143. The van der Waals surface area contributed by atoms with Crippen molar-refractivity contribution in [3.63, 3.8) is 0 Å². The summed E-state index contributed by atoms with van der Waals surface area (Å²) in [4.78, 5) is 22.3. The highest BCUT2D eigenvalue weighted by atomic mass is 16.5. The van der Waals surface area contributed by atoms with Gasteiger partial charge in [-0.2, -0.15) is 0 Å². The quantitative estimate of drug-likeness (QED) is 0.885. The maximum Gasteiger partial charge on any atom is 0.226 e. The fourth-order valence-corrected chi connectivity index (χ4v) is 3.10. The van der Waals surface area contributed by atoms with Crippen LogP contribution in [-0.2, 0) is 9.53 Å². The first-order valence-corrected chi connectivity index (χ1v) is 7.15. The molecule has 1 N–H and O–H groups in total. The maximum absolute atomic E-state index is 12.6. The molecule has 3 rings (SSSR count).